The largest absolute Gasteiger partial charge is 0.481 e. The fourth-order valence-electron chi connectivity index (χ4n) is 2.20. The zero-order valence-electron chi connectivity index (χ0n) is 11.2. The Balaban J connectivity index is 2.10. The molecule has 1 aromatic heterocycles. The molecule has 1 amide bonds. The lowest BCUT2D eigenvalue weighted by Gasteiger charge is -2.24. The summed E-state index contributed by atoms with van der Waals surface area (Å²) in [6.07, 6.45) is 1.66. The number of carboxylic acids is 1. The molecule has 0 radical (unpaired) electrons. The number of carbonyl (C=O) groups excluding carboxylic acids is 1. The predicted octanol–water partition coefficient (Wildman–Crippen LogP) is 3.15. The Hall–Kier alpha value is -0.820. The number of thiophene rings is 1. The number of amides is 1. The lowest BCUT2D eigenvalue weighted by Crippen LogP contribution is -2.38. The molecule has 116 valence electrons. The third kappa shape index (κ3) is 4.57. The summed E-state index contributed by atoms with van der Waals surface area (Å²) >= 11 is 13.0. The highest BCUT2D eigenvalue weighted by atomic mass is 35.5. The molecule has 1 N–H and O–H groups in total. The Morgan fingerprint density at radius 1 is 1.48 bits per heavy atom. The maximum absolute atomic E-state index is 12.5. The van der Waals surface area contributed by atoms with Gasteiger partial charge in [0, 0.05) is 19.7 Å². The first-order valence-electron chi connectivity index (χ1n) is 6.55. The van der Waals surface area contributed by atoms with Gasteiger partial charge in [0.25, 0.3) is 5.91 Å². The van der Waals surface area contributed by atoms with Crippen LogP contribution in [0.3, 0.4) is 0 Å². The summed E-state index contributed by atoms with van der Waals surface area (Å²) in [6.45, 7) is 1.17. The van der Waals surface area contributed by atoms with Crippen molar-refractivity contribution in [2.45, 2.75) is 25.4 Å². The molecule has 1 saturated heterocycles. The lowest BCUT2D eigenvalue weighted by atomic mass is 10.2. The predicted molar refractivity (Wildman–Crippen MR) is 81.5 cm³/mol. The molecule has 1 aliphatic heterocycles. The molecule has 1 fully saturated rings. The molecule has 0 unspecified atom stereocenters. The number of hydrogen-bond donors (Lipinski definition) is 1. The van der Waals surface area contributed by atoms with E-state index in [-0.39, 0.29) is 25.0 Å². The van der Waals surface area contributed by atoms with Crippen molar-refractivity contribution in [1.82, 2.24) is 4.90 Å². The first kappa shape index (κ1) is 16.5. The fourth-order valence-corrected chi connectivity index (χ4v) is 3.64. The van der Waals surface area contributed by atoms with E-state index < -0.39 is 5.97 Å². The van der Waals surface area contributed by atoms with E-state index >= 15 is 0 Å². The summed E-state index contributed by atoms with van der Waals surface area (Å²) in [5.41, 5.74) is 0.315. The van der Waals surface area contributed by atoms with Crippen LogP contribution in [0.4, 0.5) is 0 Å². The van der Waals surface area contributed by atoms with Gasteiger partial charge in [0.1, 0.15) is 4.34 Å². The van der Waals surface area contributed by atoms with Crippen molar-refractivity contribution in [1.29, 1.82) is 0 Å². The third-order valence-corrected chi connectivity index (χ3v) is 4.71. The number of halogens is 2. The minimum Gasteiger partial charge on any atom is -0.481 e. The Morgan fingerprint density at radius 2 is 2.24 bits per heavy atom. The SMILES string of the molecule is O=C(O)CCN(C[C@@H]1CCCO1)C(=O)c1cc(Cl)sc1Cl. The summed E-state index contributed by atoms with van der Waals surface area (Å²) in [7, 11) is 0. The van der Waals surface area contributed by atoms with Gasteiger partial charge in [0.2, 0.25) is 0 Å². The summed E-state index contributed by atoms with van der Waals surface area (Å²) in [5.74, 6) is -1.26. The number of carbonyl (C=O) groups is 2. The molecule has 0 saturated carbocycles. The summed E-state index contributed by atoms with van der Waals surface area (Å²) in [6, 6.07) is 1.51. The van der Waals surface area contributed by atoms with E-state index in [2.05, 4.69) is 0 Å². The van der Waals surface area contributed by atoms with Gasteiger partial charge in [-0.3, -0.25) is 9.59 Å². The van der Waals surface area contributed by atoms with Crippen LogP contribution in [0.2, 0.25) is 8.67 Å². The van der Waals surface area contributed by atoms with Gasteiger partial charge in [0.05, 0.1) is 22.4 Å². The molecule has 0 aromatic carbocycles. The van der Waals surface area contributed by atoms with Crippen molar-refractivity contribution in [3.8, 4) is 0 Å². The molecule has 2 rings (SSSR count). The number of ether oxygens (including phenoxy) is 1. The van der Waals surface area contributed by atoms with Crippen LogP contribution in [0.15, 0.2) is 6.07 Å². The van der Waals surface area contributed by atoms with Gasteiger partial charge >= 0.3 is 5.97 Å². The Bertz CT molecular complexity index is 528. The first-order chi connectivity index (χ1) is 9.97. The van der Waals surface area contributed by atoms with Gasteiger partial charge in [0.15, 0.2) is 0 Å². The van der Waals surface area contributed by atoms with Crippen molar-refractivity contribution in [3.63, 3.8) is 0 Å². The van der Waals surface area contributed by atoms with Crippen LogP contribution in [0.5, 0.6) is 0 Å². The monoisotopic (exact) mass is 351 g/mol. The van der Waals surface area contributed by atoms with Gasteiger partial charge in [-0.25, -0.2) is 0 Å². The number of nitrogens with zero attached hydrogens (tertiary/aromatic N) is 1. The maximum atomic E-state index is 12.5. The van der Waals surface area contributed by atoms with E-state index in [9.17, 15) is 9.59 Å². The van der Waals surface area contributed by atoms with Crippen molar-refractivity contribution < 1.29 is 19.4 Å². The average Bonchev–Trinajstić information content (AvgIpc) is 3.03. The normalized spacial score (nSPS) is 17.9. The highest BCUT2D eigenvalue weighted by molar-refractivity contribution is 7.20. The van der Waals surface area contributed by atoms with E-state index in [1.165, 1.54) is 11.0 Å². The van der Waals surface area contributed by atoms with Gasteiger partial charge in [-0.15, -0.1) is 11.3 Å². The molecule has 5 nitrogen and oxygen atoms in total. The molecule has 0 aliphatic carbocycles. The van der Waals surface area contributed by atoms with Crippen LogP contribution in [-0.2, 0) is 9.53 Å². The maximum Gasteiger partial charge on any atom is 0.305 e. The first-order valence-corrected chi connectivity index (χ1v) is 8.12. The number of rotatable bonds is 6. The van der Waals surface area contributed by atoms with Crippen molar-refractivity contribution in [2.24, 2.45) is 0 Å². The topological polar surface area (TPSA) is 66.8 Å². The van der Waals surface area contributed by atoms with Crippen molar-refractivity contribution in [2.75, 3.05) is 19.7 Å². The van der Waals surface area contributed by atoms with Gasteiger partial charge in [-0.05, 0) is 18.9 Å². The minimum absolute atomic E-state index is 0.0457. The van der Waals surface area contributed by atoms with Crippen LogP contribution < -0.4 is 0 Å². The zero-order chi connectivity index (χ0) is 15.4. The minimum atomic E-state index is -0.949. The molecular weight excluding hydrogens is 337 g/mol. The fraction of sp³-hybridized carbons (Fsp3) is 0.538. The average molecular weight is 352 g/mol. The highest BCUT2D eigenvalue weighted by Crippen LogP contribution is 2.32. The standard InChI is InChI=1S/C13H15Cl2NO4S/c14-10-6-9(12(15)21-10)13(19)16(4-3-11(17)18)7-8-2-1-5-20-8/h6,8H,1-5,7H2,(H,17,18)/t8-/m0/s1. The summed E-state index contributed by atoms with van der Waals surface area (Å²) < 4.78 is 6.26. The molecular formula is C13H15Cl2NO4S. The van der Waals surface area contributed by atoms with E-state index in [1.54, 1.807) is 0 Å². The molecule has 1 aromatic rings. The second kappa shape index (κ2) is 7.45. The molecule has 0 bridgehead atoms. The summed E-state index contributed by atoms with van der Waals surface area (Å²) in [5, 5.41) is 8.82. The third-order valence-electron chi connectivity index (χ3n) is 3.22. The van der Waals surface area contributed by atoms with Crippen LogP contribution in [-0.4, -0.2) is 47.7 Å². The quantitative estimate of drug-likeness (QED) is 0.854. The van der Waals surface area contributed by atoms with E-state index in [0.717, 1.165) is 24.2 Å². The number of aliphatic carboxylic acids is 1. The van der Waals surface area contributed by atoms with Crippen molar-refractivity contribution in [3.05, 3.63) is 20.3 Å². The number of hydrogen-bond acceptors (Lipinski definition) is 4. The Labute approximate surface area is 136 Å². The molecule has 8 heteroatoms. The van der Waals surface area contributed by atoms with Gasteiger partial charge in [-0.1, -0.05) is 23.2 Å². The zero-order valence-corrected chi connectivity index (χ0v) is 13.5. The van der Waals surface area contributed by atoms with Gasteiger partial charge < -0.3 is 14.7 Å². The van der Waals surface area contributed by atoms with Crippen LogP contribution in [0, 0.1) is 0 Å². The highest BCUT2D eigenvalue weighted by Gasteiger charge is 2.26. The Kier molecular flexibility index (Phi) is 5.87. The molecule has 0 spiro atoms. The van der Waals surface area contributed by atoms with Crippen LogP contribution >= 0.6 is 34.5 Å². The van der Waals surface area contributed by atoms with E-state index in [4.69, 9.17) is 33.0 Å². The Morgan fingerprint density at radius 3 is 2.76 bits per heavy atom. The lowest BCUT2D eigenvalue weighted by molar-refractivity contribution is -0.137. The van der Waals surface area contributed by atoms with Crippen LogP contribution in [0.1, 0.15) is 29.6 Å². The number of carboxylic acid groups (broad SMARTS) is 1. The van der Waals surface area contributed by atoms with Gasteiger partial charge in [-0.2, -0.15) is 0 Å². The molecule has 2 heterocycles. The molecule has 1 atom stereocenters. The molecule has 21 heavy (non-hydrogen) atoms. The summed E-state index contributed by atoms with van der Waals surface area (Å²) in [4.78, 5) is 24.8. The second-order valence-corrected chi connectivity index (χ2v) is 7.05. The van der Waals surface area contributed by atoms with Crippen molar-refractivity contribution >= 4 is 46.4 Å². The molecule has 1 aliphatic rings. The smallest absolute Gasteiger partial charge is 0.305 e. The second-order valence-electron chi connectivity index (χ2n) is 4.77. The van der Waals surface area contributed by atoms with Crippen LogP contribution in [0.25, 0.3) is 0 Å². The van der Waals surface area contributed by atoms with E-state index in [1.807, 2.05) is 0 Å². The van der Waals surface area contributed by atoms with E-state index in [0.29, 0.717) is 27.4 Å².